The largest absolute Gasteiger partial charge is 0.497 e. The first-order chi connectivity index (χ1) is 20.8. The van der Waals surface area contributed by atoms with Gasteiger partial charge in [0.1, 0.15) is 18.2 Å². The first-order valence-electron chi connectivity index (χ1n) is 13.8. The number of carbonyl (C=O) groups excluding carboxylic acids is 1. The molecular formula is C33H31FN2O6S. The molecule has 222 valence electrons. The number of nitrogens with zero attached hydrogens (tertiary/aromatic N) is 2. The van der Waals surface area contributed by atoms with Crippen LogP contribution >= 0.6 is 11.3 Å². The molecule has 1 aliphatic heterocycles. The molecule has 2 heterocycles. The van der Waals surface area contributed by atoms with Crippen LogP contribution < -0.4 is 29.1 Å². The highest BCUT2D eigenvalue weighted by Gasteiger charge is 2.33. The standard InChI is InChI=1S/C33H31FN2O6S/c1-5-40-27-16-22(12-15-26(27)42-19-21-10-13-24(34)14-11-21)17-28-31(37)36-30(23-8-7-9-25(18-23)39-4)29(32(38)41-6-2)20(3)35-33(36)43-28/h7-18,30H,5-6,19H2,1-4H3/b28-17-/t30-/m1/s1. The predicted molar refractivity (Wildman–Crippen MR) is 162 cm³/mol. The summed E-state index contributed by atoms with van der Waals surface area (Å²) in [6.45, 7) is 6.20. The van der Waals surface area contributed by atoms with E-state index in [1.54, 1.807) is 63.4 Å². The molecule has 10 heteroatoms. The van der Waals surface area contributed by atoms with Crippen LogP contribution in [0, 0.1) is 5.82 Å². The van der Waals surface area contributed by atoms with Crippen LogP contribution in [0.3, 0.4) is 0 Å². The zero-order valence-electron chi connectivity index (χ0n) is 24.3. The van der Waals surface area contributed by atoms with Crippen molar-refractivity contribution in [2.24, 2.45) is 4.99 Å². The maximum atomic E-state index is 13.9. The summed E-state index contributed by atoms with van der Waals surface area (Å²) >= 11 is 1.24. The zero-order valence-corrected chi connectivity index (χ0v) is 25.1. The van der Waals surface area contributed by atoms with Gasteiger partial charge < -0.3 is 18.9 Å². The van der Waals surface area contributed by atoms with E-state index in [0.717, 1.165) is 11.1 Å². The summed E-state index contributed by atoms with van der Waals surface area (Å²) in [6.07, 6.45) is 1.77. The van der Waals surface area contributed by atoms with Crippen molar-refractivity contribution in [2.45, 2.75) is 33.4 Å². The number of ether oxygens (including phenoxy) is 4. The van der Waals surface area contributed by atoms with Gasteiger partial charge in [-0.2, -0.15) is 0 Å². The van der Waals surface area contributed by atoms with Crippen molar-refractivity contribution in [3.63, 3.8) is 0 Å². The van der Waals surface area contributed by atoms with Crippen molar-refractivity contribution < 1.29 is 28.1 Å². The second kappa shape index (κ2) is 13.1. The molecule has 1 aliphatic rings. The topological polar surface area (TPSA) is 88.4 Å². The Morgan fingerprint density at radius 1 is 1.02 bits per heavy atom. The first kappa shape index (κ1) is 29.8. The van der Waals surface area contributed by atoms with Gasteiger partial charge in [-0.1, -0.05) is 41.7 Å². The smallest absolute Gasteiger partial charge is 0.338 e. The van der Waals surface area contributed by atoms with E-state index in [4.69, 9.17) is 18.9 Å². The third-order valence-electron chi connectivity index (χ3n) is 6.80. The normalized spacial score (nSPS) is 14.6. The van der Waals surface area contributed by atoms with Crippen LogP contribution in [0.4, 0.5) is 4.39 Å². The molecule has 43 heavy (non-hydrogen) atoms. The summed E-state index contributed by atoms with van der Waals surface area (Å²) in [5.74, 6) is 0.806. The molecule has 0 unspecified atom stereocenters. The lowest BCUT2D eigenvalue weighted by atomic mass is 9.95. The number of fused-ring (bicyclic) bond motifs is 1. The number of aromatic nitrogens is 1. The molecule has 0 aliphatic carbocycles. The van der Waals surface area contributed by atoms with E-state index in [1.165, 1.54) is 28.0 Å². The summed E-state index contributed by atoms with van der Waals surface area (Å²) in [6, 6.07) is 18.0. The fourth-order valence-electron chi connectivity index (χ4n) is 4.81. The first-order valence-corrected chi connectivity index (χ1v) is 14.6. The Labute approximate surface area is 252 Å². The molecule has 0 fully saturated rings. The Morgan fingerprint density at radius 2 is 1.81 bits per heavy atom. The van der Waals surface area contributed by atoms with Crippen LogP contribution in [0.25, 0.3) is 6.08 Å². The number of carbonyl (C=O) groups is 1. The zero-order chi connectivity index (χ0) is 30.5. The number of hydrogen-bond acceptors (Lipinski definition) is 8. The number of rotatable bonds is 10. The summed E-state index contributed by atoms with van der Waals surface area (Å²) < 4.78 is 37.8. The van der Waals surface area contributed by atoms with Gasteiger partial charge in [0.05, 0.1) is 42.2 Å². The number of halogens is 1. The maximum Gasteiger partial charge on any atom is 0.338 e. The van der Waals surface area contributed by atoms with Gasteiger partial charge in [-0.05, 0) is 79.9 Å². The Morgan fingerprint density at radius 3 is 2.53 bits per heavy atom. The molecule has 0 spiro atoms. The predicted octanol–water partition coefficient (Wildman–Crippen LogP) is 4.92. The van der Waals surface area contributed by atoms with E-state index in [-0.39, 0.29) is 24.6 Å². The van der Waals surface area contributed by atoms with Crippen molar-refractivity contribution in [1.29, 1.82) is 0 Å². The molecule has 1 atom stereocenters. The summed E-state index contributed by atoms with van der Waals surface area (Å²) in [5, 5.41) is 0. The fraction of sp³-hybridized carbons (Fsp3) is 0.242. The molecule has 0 saturated heterocycles. The maximum absolute atomic E-state index is 13.9. The van der Waals surface area contributed by atoms with E-state index in [2.05, 4.69) is 4.99 Å². The highest BCUT2D eigenvalue weighted by Crippen LogP contribution is 2.33. The number of allylic oxidation sites excluding steroid dienone is 1. The third kappa shape index (κ3) is 6.39. The van der Waals surface area contributed by atoms with Crippen LogP contribution in [-0.2, 0) is 16.1 Å². The molecule has 0 bridgehead atoms. The summed E-state index contributed by atoms with van der Waals surface area (Å²) in [5.41, 5.74) is 2.74. The Bertz CT molecular complexity index is 1860. The van der Waals surface area contributed by atoms with Crippen molar-refractivity contribution in [3.05, 3.63) is 120 Å². The summed E-state index contributed by atoms with van der Waals surface area (Å²) in [7, 11) is 1.56. The van der Waals surface area contributed by atoms with Crippen LogP contribution in [0.1, 0.15) is 43.5 Å². The van der Waals surface area contributed by atoms with Gasteiger partial charge in [0.25, 0.3) is 5.56 Å². The highest BCUT2D eigenvalue weighted by molar-refractivity contribution is 7.07. The SMILES string of the molecule is CCOC(=O)C1=C(C)N=c2s/c(=C\c3ccc(OCc4ccc(F)cc4)c(OCC)c3)c(=O)n2[C@@H]1c1cccc(OC)c1. The molecule has 0 amide bonds. The lowest BCUT2D eigenvalue weighted by Crippen LogP contribution is -2.39. The minimum Gasteiger partial charge on any atom is -0.497 e. The lowest BCUT2D eigenvalue weighted by molar-refractivity contribution is -0.139. The molecule has 0 saturated carbocycles. The van der Waals surface area contributed by atoms with E-state index in [0.29, 0.717) is 50.0 Å². The van der Waals surface area contributed by atoms with Gasteiger partial charge in [-0.15, -0.1) is 0 Å². The van der Waals surface area contributed by atoms with Crippen LogP contribution in [0.5, 0.6) is 17.2 Å². The van der Waals surface area contributed by atoms with E-state index in [9.17, 15) is 14.0 Å². The molecule has 4 aromatic rings. The Hall–Kier alpha value is -4.70. The molecule has 3 aromatic carbocycles. The van der Waals surface area contributed by atoms with Crippen LogP contribution in [0.15, 0.2) is 87.8 Å². The minimum absolute atomic E-state index is 0.191. The van der Waals surface area contributed by atoms with Crippen LogP contribution in [0.2, 0.25) is 0 Å². The third-order valence-corrected chi connectivity index (χ3v) is 7.78. The average Bonchev–Trinajstić information content (AvgIpc) is 3.30. The number of benzene rings is 3. The fourth-order valence-corrected chi connectivity index (χ4v) is 5.86. The summed E-state index contributed by atoms with van der Waals surface area (Å²) in [4.78, 5) is 32.2. The number of hydrogen-bond donors (Lipinski definition) is 0. The van der Waals surface area contributed by atoms with Gasteiger partial charge in [-0.25, -0.2) is 14.2 Å². The molecule has 5 rings (SSSR count). The van der Waals surface area contributed by atoms with E-state index >= 15 is 0 Å². The molecule has 0 N–H and O–H groups in total. The van der Waals surface area contributed by atoms with Crippen molar-refractivity contribution in [2.75, 3.05) is 20.3 Å². The molecular weight excluding hydrogens is 571 g/mol. The quantitative estimate of drug-likeness (QED) is 0.240. The molecule has 1 aromatic heterocycles. The van der Waals surface area contributed by atoms with Gasteiger partial charge in [0.2, 0.25) is 0 Å². The van der Waals surface area contributed by atoms with Crippen molar-refractivity contribution >= 4 is 23.4 Å². The van der Waals surface area contributed by atoms with Crippen molar-refractivity contribution in [3.8, 4) is 17.2 Å². The number of esters is 1. The van der Waals surface area contributed by atoms with Crippen molar-refractivity contribution in [1.82, 2.24) is 4.57 Å². The number of methoxy groups -OCH3 is 1. The lowest BCUT2D eigenvalue weighted by Gasteiger charge is -2.25. The minimum atomic E-state index is -0.742. The van der Waals surface area contributed by atoms with Gasteiger partial charge >= 0.3 is 5.97 Å². The van der Waals surface area contributed by atoms with Crippen LogP contribution in [-0.4, -0.2) is 30.9 Å². The van der Waals surface area contributed by atoms with Gasteiger partial charge in [0, 0.05) is 0 Å². The Balaban J connectivity index is 1.56. The molecule has 8 nitrogen and oxygen atoms in total. The van der Waals surface area contributed by atoms with E-state index in [1.807, 2.05) is 25.1 Å². The van der Waals surface area contributed by atoms with E-state index < -0.39 is 12.0 Å². The second-order valence-electron chi connectivity index (χ2n) is 9.63. The number of thiazole rings is 1. The average molecular weight is 603 g/mol. The Kier molecular flexibility index (Phi) is 9.06. The van der Waals surface area contributed by atoms with Gasteiger partial charge in [-0.3, -0.25) is 9.36 Å². The highest BCUT2D eigenvalue weighted by atomic mass is 32.1. The monoisotopic (exact) mass is 602 g/mol. The van der Waals surface area contributed by atoms with Gasteiger partial charge in [0.15, 0.2) is 16.3 Å². The second-order valence-corrected chi connectivity index (χ2v) is 10.6. The molecule has 0 radical (unpaired) electrons.